The van der Waals surface area contributed by atoms with E-state index in [2.05, 4.69) is 0 Å². The molecule has 0 saturated carbocycles. The predicted molar refractivity (Wildman–Crippen MR) is 127 cm³/mol. The third-order valence-electron chi connectivity index (χ3n) is 6.29. The third kappa shape index (κ3) is 7.07. The van der Waals surface area contributed by atoms with E-state index >= 15 is 0 Å². The number of sulfone groups is 1. The number of amides is 1. The van der Waals surface area contributed by atoms with Gasteiger partial charge in [-0.05, 0) is 54.5 Å². The van der Waals surface area contributed by atoms with Crippen LogP contribution in [0.15, 0.2) is 42.5 Å². The second-order valence-corrected chi connectivity index (χ2v) is 11.4. The molecule has 1 amide bonds. The molecule has 0 aliphatic carbocycles. The van der Waals surface area contributed by atoms with Crippen molar-refractivity contribution in [1.82, 2.24) is 4.90 Å². The van der Waals surface area contributed by atoms with Crippen molar-refractivity contribution in [2.24, 2.45) is 5.73 Å². The molecule has 3 atom stereocenters. The number of aryl methyl sites for hydroxylation is 1. The lowest BCUT2D eigenvalue weighted by Gasteiger charge is -2.29. The van der Waals surface area contributed by atoms with Crippen LogP contribution in [0.5, 0.6) is 0 Å². The zero-order valence-electron chi connectivity index (χ0n) is 19.3. The summed E-state index contributed by atoms with van der Waals surface area (Å²) in [6, 6.07) is 9.88. The van der Waals surface area contributed by atoms with Gasteiger partial charge in [0.1, 0.15) is 11.6 Å². The predicted octanol–water partition coefficient (Wildman–Crippen LogP) is 2.75. The van der Waals surface area contributed by atoms with Gasteiger partial charge in [0.15, 0.2) is 9.84 Å². The number of hydrogen-bond acceptors (Lipinski definition) is 5. The lowest BCUT2D eigenvalue weighted by molar-refractivity contribution is -0.133. The Morgan fingerprint density at radius 3 is 2.44 bits per heavy atom. The molecule has 0 aromatic heterocycles. The second kappa shape index (κ2) is 11.4. The Morgan fingerprint density at radius 2 is 1.82 bits per heavy atom. The zero-order valence-corrected chi connectivity index (χ0v) is 20.1. The van der Waals surface area contributed by atoms with Gasteiger partial charge in [0.2, 0.25) is 5.91 Å². The lowest BCUT2D eigenvalue weighted by atomic mass is 10.0. The van der Waals surface area contributed by atoms with Gasteiger partial charge in [-0.2, -0.15) is 0 Å². The van der Waals surface area contributed by atoms with Crippen LogP contribution in [-0.2, 0) is 34.0 Å². The highest BCUT2D eigenvalue weighted by Gasteiger charge is 2.34. The monoisotopic (exact) mass is 494 g/mol. The second-order valence-electron chi connectivity index (χ2n) is 9.00. The van der Waals surface area contributed by atoms with Crippen LogP contribution in [0.25, 0.3) is 0 Å². The molecular weight excluding hydrogens is 462 g/mol. The molecule has 2 aromatic carbocycles. The van der Waals surface area contributed by atoms with Crippen molar-refractivity contribution in [2.75, 3.05) is 12.3 Å². The summed E-state index contributed by atoms with van der Waals surface area (Å²) < 4.78 is 51.5. The van der Waals surface area contributed by atoms with Gasteiger partial charge < -0.3 is 15.7 Å². The Balaban J connectivity index is 1.75. The standard InChI is InChI=1S/C25H32F2N2O4S/c1-2-17-5-3-6-18(9-17)15-29(25(31)14-22-7-4-8-34(22,32)33)16-24(30)23(28)12-19-10-20(26)13-21(27)11-19/h3,5-6,9-11,13,22-24,30H,2,4,7-8,12,14-16,28H2,1H3/t22?,23-,24+/m0/s1. The Hall–Kier alpha value is -2.36. The molecule has 9 heteroatoms. The Labute approximate surface area is 199 Å². The lowest BCUT2D eigenvalue weighted by Crippen LogP contribution is -2.47. The molecule has 34 heavy (non-hydrogen) atoms. The number of hydrogen-bond donors (Lipinski definition) is 2. The Kier molecular flexibility index (Phi) is 8.78. The number of rotatable bonds is 10. The fourth-order valence-corrected chi connectivity index (χ4v) is 6.16. The summed E-state index contributed by atoms with van der Waals surface area (Å²) >= 11 is 0. The first-order valence-electron chi connectivity index (χ1n) is 11.5. The fourth-order valence-electron chi connectivity index (χ4n) is 4.33. The minimum atomic E-state index is -3.30. The number of nitrogens with zero attached hydrogens (tertiary/aromatic N) is 1. The first kappa shape index (κ1) is 26.2. The largest absolute Gasteiger partial charge is 0.390 e. The van der Waals surface area contributed by atoms with Crippen LogP contribution in [-0.4, -0.2) is 54.0 Å². The maximum absolute atomic E-state index is 13.5. The summed E-state index contributed by atoms with van der Waals surface area (Å²) in [5, 5.41) is 10.0. The molecule has 186 valence electrons. The first-order valence-corrected chi connectivity index (χ1v) is 13.2. The van der Waals surface area contributed by atoms with Gasteiger partial charge >= 0.3 is 0 Å². The third-order valence-corrected chi connectivity index (χ3v) is 8.56. The van der Waals surface area contributed by atoms with E-state index in [9.17, 15) is 27.1 Å². The van der Waals surface area contributed by atoms with E-state index in [1.165, 1.54) is 4.90 Å². The van der Waals surface area contributed by atoms with Crippen LogP contribution >= 0.6 is 0 Å². The first-order chi connectivity index (χ1) is 16.1. The fraction of sp³-hybridized carbons (Fsp3) is 0.480. The summed E-state index contributed by atoms with van der Waals surface area (Å²) in [6.45, 7) is 2.09. The van der Waals surface area contributed by atoms with Crippen molar-refractivity contribution in [2.45, 2.75) is 63.0 Å². The van der Waals surface area contributed by atoms with Gasteiger partial charge in [-0.25, -0.2) is 17.2 Å². The van der Waals surface area contributed by atoms with Gasteiger partial charge in [-0.15, -0.1) is 0 Å². The molecular formula is C25H32F2N2O4S. The number of halogens is 2. The van der Waals surface area contributed by atoms with E-state index < -0.39 is 38.9 Å². The van der Waals surface area contributed by atoms with Crippen molar-refractivity contribution in [1.29, 1.82) is 0 Å². The van der Waals surface area contributed by atoms with Crippen LogP contribution in [0, 0.1) is 11.6 Å². The zero-order chi connectivity index (χ0) is 24.9. The topological polar surface area (TPSA) is 101 Å². The van der Waals surface area contributed by atoms with E-state index in [4.69, 9.17) is 5.73 Å². The molecule has 0 spiro atoms. The molecule has 1 unspecified atom stereocenters. The maximum atomic E-state index is 13.5. The highest BCUT2D eigenvalue weighted by molar-refractivity contribution is 7.92. The van der Waals surface area contributed by atoms with E-state index in [-0.39, 0.29) is 37.6 Å². The summed E-state index contributed by atoms with van der Waals surface area (Å²) in [5.41, 5.74) is 8.36. The number of aliphatic hydroxyl groups excluding tert-OH is 1. The molecule has 0 bridgehead atoms. The number of carbonyl (C=O) groups excluding carboxylic acids is 1. The van der Waals surface area contributed by atoms with Gasteiger partial charge in [0.05, 0.1) is 17.1 Å². The van der Waals surface area contributed by atoms with E-state index in [1.54, 1.807) is 0 Å². The van der Waals surface area contributed by atoms with Crippen molar-refractivity contribution in [3.8, 4) is 0 Å². The van der Waals surface area contributed by atoms with Gasteiger partial charge in [-0.3, -0.25) is 4.79 Å². The van der Waals surface area contributed by atoms with Gasteiger partial charge in [0.25, 0.3) is 0 Å². The number of benzene rings is 2. The van der Waals surface area contributed by atoms with Gasteiger partial charge in [0, 0.05) is 31.6 Å². The smallest absolute Gasteiger partial charge is 0.224 e. The van der Waals surface area contributed by atoms with E-state index in [0.717, 1.165) is 35.7 Å². The minimum Gasteiger partial charge on any atom is -0.390 e. The van der Waals surface area contributed by atoms with Crippen LogP contribution in [0.3, 0.4) is 0 Å². The Morgan fingerprint density at radius 1 is 1.15 bits per heavy atom. The normalized spacial score (nSPS) is 19.0. The highest BCUT2D eigenvalue weighted by atomic mass is 32.2. The number of carbonyl (C=O) groups is 1. The van der Waals surface area contributed by atoms with Crippen LogP contribution in [0.4, 0.5) is 8.78 Å². The van der Waals surface area contributed by atoms with Crippen molar-refractivity contribution >= 4 is 15.7 Å². The highest BCUT2D eigenvalue weighted by Crippen LogP contribution is 2.24. The summed E-state index contributed by atoms with van der Waals surface area (Å²) in [7, 11) is -3.30. The molecule has 1 fully saturated rings. The Bertz CT molecular complexity index is 1090. The number of aliphatic hydroxyl groups is 1. The van der Waals surface area contributed by atoms with Crippen LogP contribution < -0.4 is 5.73 Å². The summed E-state index contributed by atoms with van der Waals surface area (Å²) in [4.78, 5) is 14.6. The SMILES string of the molecule is CCc1cccc(CN(C[C@@H](O)[C@@H](N)Cc2cc(F)cc(F)c2)C(=O)CC2CCCS2(=O)=O)c1. The molecule has 3 N–H and O–H groups in total. The summed E-state index contributed by atoms with van der Waals surface area (Å²) in [5.74, 6) is -1.76. The summed E-state index contributed by atoms with van der Waals surface area (Å²) in [6.07, 6.45) is 0.494. The van der Waals surface area contributed by atoms with Crippen molar-refractivity contribution in [3.05, 3.63) is 70.8 Å². The van der Waals surface area contributed by atoms with Crippen LogP contribution in [0.1, 0.15) is 42.9 Å². The van der Waals surface area contributed by atoms with Crippen LogP contribution in [0.2, 0.25) is 0 Å². The van der Waals surface area contributed by atoms with Crippen molar-refractivity contribution < 1.29 is 27.1 Å². The van der Waals surface area contributed by atoms with E-state index in [0.29, 0.717) is 18.4 Å². The quantitative estimate of drug-likeness (QED) is 0.529. The minimum absolute atomic E-state index is 0.0141. The average Bonchev–Trinajstić information content (AvgIpc) is 3.10. The van der Waals surface area contributed by atoms with Crippen molar-refractivity contribution in [3.63, 3.8) is 0 Å². The van der Waals surface area contributed by atoms with E-state index in [1.807, 2.05) is 31.2 Å². The molecule has 1 aliphatic rings. The maximum Gasteiger partial charge on any atom is 0.224 e. The molecule has 6 nitrogen and oxygen atoms in total. The molecule has 1 heterocycles. The molecule has 0 radical (unpaired) electrons. The number of nitrogens with two attached hydrogens (primary N) is 1. The molecule has 1 saturated heterocycles. The molecule has 1 aliphatic heterocycles. The van der Waals surface area contributed by atoms with Gasteiger partial charge in [-0.1, -0.05) is 31.2 Å². The average molecular weight is 495 g/mol. The molecule has 3 rings (SSSR count). The molecule has 2 aromatic rings.